The quantitative estimate of drug-likeness (QED) is 0.443. The predicted octanol–water partition coefficient (Wildman–Crippen LogP) is 4.46. The topological polar surface area (TPSA) is 61.2 Å². The van der Waals surface area contributed by atoms with Gasteiger partial charge in [-0.1, -0.05) is 39.1 Å². The largest absolute Gasteiger partial charge is 0.425 e. The van der Waals surface area contributed by atoms with Gasteiger partial charge in [-0.3, -0.25) is 14.2 Å². The molecule has 2 aromatic carbocycles. The molecule has 0 aliphatic heterocycles. The lowest BCUT2D eigenvalue weighted by atomic mass is 10.2. The normalized spacial score (nSPS) is 10.8. The highest BCUT2D eigenvalue weighted by molar-refractivity contribution is 9.10. The van der Waals surface area contributed by atoms with Gasteiger partial charge in [0.2, 0.25) is 0 Å². The lowest BCUT2D eigenvalue weighted by Gasteiger charge is -2.08. The first-order valence-electron chi connectivity index (χ1n) is 7.24. The minimum Gasteiger partial charge on any atom is -0.425 e. The number of nitrogens with zero attached hydrogens (tertiary/aromatic N) is 2. The Morgan fingerprint density at radius 1 is 1.20 bits per heavy atom. The zero-order valence-corrected chi connectivity index (χ0v) is 15.8. The van der Waals surface area contributed by atoms with Crippen LogP contribution in [0.1, 0.15) is 6.42 Å². The summed E-state index contributed by atoms with van der Waals surface area (Å²) in [6.45, 7) is 0.151. The molecule has 0 fully saturated rings. The molecule has 0 saturated carbocycles. The van der Waals surface area contributed by atoms with E-state index in [1.54, 1.807) is 18.2 Å². The molecule has 1 aromatic heterocycles. The summed E-state index contributed by atoms with van der Waals surface area (Å²) in [5, 5.41) is 1.17. The first kappa shape index (κ1) is 17.9. The minimum absolute atomic E-state index is 0.0000515. The molecule has 128 valence electrons. The van der Waals surface area contributed by atoms with Crippen LogP contribution in [0.4, 0.5) is 0 Å². The number of esters is 1. The van der Waals surface area contributed by atoms with Crippen molar-refractivity contribution >= 4 is 56.0 Å². The Hall–Kier alpha value is -1.89. The number of rotatable bonds is 4. The molecule has 25 heavy (non-hydrogen) atoms. The number of carbonyl (C=O) groups excluding carboxylic acids is 1. The summed E-state index contributed by atoms with van der Waals surface area (Å²) in [7, 11) is 0. The molecular weight excluding hydrogens is 431 g/mol. The zero-order chi connectivity index (χ0) is 18.0. The van der Waals surface area contributed by atoms with Crippen LogP contribution in [0.15, 0.2) is 52.0 Å². The Morgan fingerprint density at radius 3 is 2.76 bits per heavy atom. The maximum absolute atomic E-state index is 12.5. The van der Waals surface area contributed by atoms with Gasteiger partial charge in [0.1, 0.15) is 5.75 Å². The Kier molecular flexibility index (Phi) is 5.42. The van der Waals surface area contributed by atoms with Crippen molar-refractivity contribution in [2.24, 2.45) is 0 Å². The van der Waals surface area contributed by atoms with Crippen molar-refractivity contribution in [1.29, 1.82) is 0 Å². The van der Waals surface area contributed by atoms with Crippen LogP contribution >= 0.6 is 39.1 Å². The third-order valence-electron chi connectivity index (χ3n) is 3.46. The summed E-state index contributed by atoms with van der Waals surface area (Å²) >= 11 is 15.1. The van der Waals surface area contributed by atoms with Crippen LogP contribution in [0.3, 0.4) is 0 Å². The van der Waals surface area contributed by atoms with Gasteiger partial charge in [0, 0.05) is 16.0 Å². The summed E-state index contributed by atoms with van der Waals surface area (Å²) in [6.07, 6.45) is 1.42. The number of benzene rings is 2. The van der Waals surface area contributed by atoms with Crippen LogP contribution in [0.2, 0.25) is 10.0 Å². The van der Waals surface area contributed by atoms with E-state index >= 15 is 0 Å². The van der Waals surface area contributed by atoms with E-state index in [1.807, 2.05) is 6.07 Å². The number of ether oxygens (including phenoxy) is 1. The molecule has 3 aromatic rings. The fraction of sp³-hybridized carbons (Fsp3) is 0.118. The number of fused-ring (bicyclic) bond motifs is 1. The van der Waals surface area contributed by atoms with Crippen LogP contribution in [-0.2, 0) is 11.3 Å². The molecule has 0 aliphatic carbocycles. The highest BCUT2D eigenvalue weighted by Crippen LogP contribution is 2.27. The number of halogens is 3. The second-order valence-corrected chi connectivity index (χ2v) is 6.96. The van der Waals surface area contributed by atoms with Gasteiger partial charge in [-0.2, -0.15) is 0 Å². The maximum Gasteiger partial charge on any atom is 0.313 e. The third kappa shape index (κ3) is 4.21. The monoisotopic (exact) mass is 440 g/mol. The molecule has 1 heterocycles. The number of aryl methyl sites for hydroxylation is 1. The highest BCUT2D eigenvalue weighted by Gasteiger charge is 2.11. The number of aromatic nitrogens is 2. The van der Waals surface area contributed by atoms with Crippen LogP contribution < -0.4 is 10.3 Å². The summed E-state index contributed by atoms with van der Waals surface area (Å²) < 4.78 is 7.36. The van der Waals surface area contributed by atoms with Crippen LogP contribution in [0.5, 0.6) is 5.75 Å². The summed E-state index contributed by atoms with van der Waals surface area (Å²) in [5.41, 5.74) is 0.378. The van der Waals surface area contributed by atoms with E-state index in [2.05, 4.69) is 20.9 Å². The SMILES string of the molecule is O=C(CCn1cnc2ccc(Br)cc2c1=O)Oc1ccc(Cl)cc1Cl. The number of carbonyl (C=O) groups is 1. The van der Waals surface area contributed by atoms with Crippen molar-refractivity contribution in [3.05, 3.63) is 67.6 Å². The maximum atomic E-state index is 12.5. The van der Waals surface area contributed by atoms with Crippen molar-refractivity contribution in [3.63, 3.8) is 0 Å². The molecule has 3 rings (SSSR count). The average Bonchev–Trinajstić information content (AvgIpc) is 2.57. The van der Waals surface area contributed by atoms with Gasteiger partial charge in [-0.25, -0.2) is 4.98 Å². The molecule has 0 unspecified atom stereocenters. The Balaban J connectivity index is 1.73. The molecule has 0 saturated heterocycles. The van der Waals surface area contributed by atoms with Crippen LogP contribution in [0, 0.1) is 0 Å². The van der Waals surface area contributed by atoms with Gasteiger partial charge in [0.25, 0.3) is 5.56 Å². The van der Waals surface area contributed by atoms with E-state index < -0.39 is 5.97 Å². The molecular formula is C17H11BrCl2N2O3. The van der Waals surface area contributed by atoms with E-state index in [4.69, 9.17) is 27.9 Å². The molecule has 0 amide bonds. The Labute approximate surface area is 161 Å². The van der Waals surface area contributed by atoms with Crippen molar-refractivity contribution in [2.45, 2.75) is 13.0 Å². The minimum atomic E-state index is -0.509. The zero-order valence-electron chi connectivity index (χ0n) is 12.7. The van der Waals surface area contributed by atoms with E-state index in [9.17, 15) is 9.59 Å². The summed E-state index contributed by atoms with van der Waals surface area (Å²) in [4.78, 5) is 28.7. The molecule has 0 radical (unpaired) electrons. The Bertz CT molecular complexity index is 1020. The lowest BCUT2D eigenvalue weighted by molar-refractivity contribution is -0.134. The van der Waals surface area contributed by atoms with Crippen molar-refractivity contribution in [1.82, 2.24) is 9.55 Å². The van der Waals surface area contributed by atoms with Crippen LogP contribution in [0.25, 0.3) is 10.9 Å². The standard InChI is InChI=1S/C17H11BrCl2N2O3/c18-10-1-3-14-12(7-10)17(24)22(9-21-14)6-5-16(23)25-15-4-2-11(19)8-13(15)20/h1-4,7-9H,5-6H2. The lowest BCUT2D eigenvalue weighted by Crippen LogP contribution is -2.23. The number of hydrogen-bond donors (Lipinski definition) is 0. The highest BCUT2D eigenvalue weighted by atomic mass is 79.9. The van der Waals surface area contributed by atoms with Gasteiger partial charge in [-0.05, 0) is 36.4 Å². The number of hydrogen-bond acceptors (Lipinski definition) is 4. The molecule has 0 bridgehead atoms. The first-order valence-corrected chi connectivity index (χ1v) is 8.79. The molecule has 0 spiro atoms. The fourth-order valence-electron chi connectivity index (χ4n) is 2.23. The second kappa shape index (κ2) is 7.56. The molecule has 0 N–H and O–H groups in total. The Morgan fingerprint density at radius 2 is 2.00 bits per heavy atom. The summed E-state index contributed by atoms with van der Waals surface area (Å²) in [5.74, 6) is -0.283. The smallest absolute Gasteiger partial charge is 0.313 e. The fourth-order valence-corrected chi connectivity index (χ4v) is 3.04. The van der Waals surface area contributed by atoms with E-state index in [0.717, 1.165) is 4.47 Å². The molecule has 8 heteroatoms. The van der Waals surface area contributed by atoms with Crippen molar-refractivity contribution in [3.8, 4) is 5.75 Å². The van der Waals surface area contributed by atoms with Crippen LogP contribution in [-0.4, -0.2) is 15.5 Å². The second-order valence-electron chi connectivity index (χ2n) is 5.20. The molecule has 0 aliphatic rings. The predicted molar refractivity (Wildman–Crippen MR) is 100 cm³/mol. The van der Waals surface area contributed by atoms with Gasteiger partial charge in [0.15, 0.2) is 0 Å². The van der Waals surface area contributed by atoms with Gasteiger partial charge in [0.05, 0.1) is 28.7 Å². The van der Waals surface area contributed by atoms with E-state index in [1.165, 1.54) is 23.0 Å². The first-order chi connectivity index (χ1) is 11.9. The van der Waals surface area contributed by atoms with Crippen molar-refractivity contribution in [2.75, 3.05) is 0 Å². The van der Waals surface area contributed by atoms with E-state index in [0.29, 0.717) is 15.9 Å². The average molecular weight is 442 g/mol. The van der Waals surface area contributed by atoms with Gasteiger partial charge >= 0.3 is 5.97 Å². The van der Waals surface area contributed by atoms with Crippen molar-refractivity contribution < 1.29 is 9.53 Å². The van der Waals surface area contributed by atoms with Gasteiger partial charge < -0.3 is 4.74 Å². The van der Waals surface area contributed by atoms with E-state index in [-0.39, 0.29) is 29.3 Å². The van der Waals surface area contributed by atoms with Gasteiger partial charge in [-0.15, -0.1) is 0 Å². The summed E-state index contributed by atoms with van der Waals surface area (Å²) in [6, 6.07) is 9.85. The molecule has 0 atom stereocenters. The molecule has 5 nitrogen and oxygen atoms in total. The third-order valence-corrected chi connectivity index (χ3v) is 4.48.